The van der Waals surface area contributed by atoms with E-state index in [0.29, 0.717) is 12.0 Å². The van der Waals surface area contributed by atoms with Crippen LogP contribution in [0.2, 0.25) is 0 Å². The van der Waals surface area contributed by atoms with Crippen molar-refractivity contribution in [2.24, 2.45) is 23.3 Å². The van der Waals surface area contributed by atoms with Crippen LogP contribution in [0.4, 0.5) is 0 Å². The van der Waals surface area contributed by atoms with Crippen LogP contribution in [0.15, 0.2) is 24.3 Å². The van der Waals surface area contributed by atoms with Crippen molar-refractivity contribution in [3.63, 3.8) is 0 Å². The molecule has 416 valence electrons. The molecule has 18 N–H and O–H groups in total. The third kappa shape index (κ3) is 24.4. The molecule has 0 aliphatic rings. The molecular weight excluding hydrogens is 997 g/mol. The Labute approximate surface area is 433 Å². The molecule has 74 heavy (non-hydrogen) atoms. The van der Waals surface area contributed by atoms with Crippen molar-refractivity contribution in [1.29, 1.82) is 0 Å². The molecule has 0 saturated carbocycles. The minimum Gasteiger partial charge on any atom is -0.508 e. The van der Waals surface area contributed by atoms with Crippen LogP contribution < -0.4 is 54.0 Å². The number of nitrogens with one attached hydrogen (secondary N) is 8. The minimum absolute atomic E-state index is 0.0554. The first kappa shape index (κ1) is 65.4. The number of carboxylic acids is 3. The van der Waals surface area contributed by atoms with E-state index >= 15 is 0 Å². The number of aliphatic hydroxyl groups is 2. The second kappa shape index (κ2) is 33.2. The monoisotopic (exact) mass is 1070 g/mol. The molecule has 0 heterocycles. The van der Waals surface area contributed by atoms with Crippen LogP contribution in [0.5, 0.6) is 5.75 Å². The second-order valence-electron chi connectivity index (χ2n) is 18.4. The molecule has 1 aromatic carbocycles. The highest BCUT2D eigenvalue weighted by Gasteiger charge is 2.36. The van der Waals surface area contributed by atoms with Gasteiger partial charge in [-0.05, 0) is 81.5 Å². The largest absolute Gasteiger partial charge is 0.508 e. The number of aromatic hydroxyl groups is 1. The number of hydrogen-bond donors (Lipinski definition) is 17. The Morgan fingerprint density at radius 3 is 1.43 bits per heavy atom. The fourth-order valence-electron chi connectivity index (χ4n) is 6.99. The lowest BCUT2D eigenvalue weighted by Gasteiger charge is -2.29. The zero-order valence-electron chi connectivity index (χ0n) is 42.0. The van der Waals surface area contributed by atoms with Crippen molar-refractivity contribution in [2.75, 3.05) is 18.9 Å². The van der Waals surface area contributed by atoms with Gasteiger partial charge in [-0.1, -0.05) is 39.8 Å². The van der Waals surface area contributed by atoms with E-state index in [1.165, 1.54) is 31.2 Å². The number of phenols is 1. The topological polar surface area (TPSA) is 457 Å². The zero-order chi connectivity index (χ0) is 56.4. The zero-order valence-corrected chi connectivity index (χ0v) is 42.9. The van der Waals surface area contributed by atoms with Gasteiger partial charge in [0.15, 0.2) is 0 Å². The van der Waals surface area contributed by atoms with Crippen LogP contribution in [0.25, 0.3) is 0 Å². The number of benzene rings is 1. The Kier molecular flexibility index (Phi) is 29.4. The van der Waals surface area contributed by atoms with E-state index in [-0.39, 0.29) is 62.0 Å². The number of aliphatic hydroxyl groups excluding tert-OH is 2. The fourth-order valence-corrected chi connectivity index (χ4v) is 7.16. The normalized spacial score (nSPS) is 15.2. The molecule has 0 radical (unpaired) electrons. The first-order chi connectivity index (χ1) is 34.6. The summed E-state index contributed by atoms with van der Waals surface area (Å²) in [6.07, 6.45) is -3.58. The van der Waals surface area contributed by atoms with Crippen molar-refractivity contribution in [2.45, 2.75) is 153 Å². The highest BCUT2D eigenvalue weighted by molar-refractivity contribution is 7.80. The van der Waals surface area contributed by atoms with Gasteiger partial charge in [-0.25, -0.2) is 4.79 Å². The Balaban J connectivity index is 3.41. The number of carboxylic acid groups (broad SMARTS) is 3. The third-order valence-electron chi connectivity index (χ3n) is 11.0. The maximum Gasteiger partial charge on any atom is 0.326 e. The van der Waals surface area contributed by atoms with Crippen LogP contribution in [0, 0.1) is 11.8 Å². The molecule has 10 atom stereocenters. The van der Waals surface area contributed by atoms with Crippen LogP contribution in [0.3, 0.4) is 0 Å². The Morgan fingerprint density at radius 1 is 0.554 bits per heavy atom. The predicted molar refractivity (Wildman–Crippen MR) is 266 cm³/mol. The summed E-state index contributed by atoms with van der Waals surface area (Å²) in [5.41, 5.74) is 11.7. The first-order valence-electron chi connectivity index (χ1n) is 23.9. The quantitative estimate of drug-likeness (QED) is 0.0228. The predicted octanol–water partition coefficient (Wildman–Crippen LogP) is -3.91. The summed E-state index contributed by atoms with van der Waals surface area (Å²) in [6, 6.07) is -8.78. The van der Waals surface area contributed by atoms with Crippen LogP contribution in [-0.4, -0.2) is 175 Å². The fraction of sp³-hybridized carbons (Fsp3) is 0.630. The van der Waals surface area contributed by atoms with Gasteiger partial charge in [0, 0.05) is 18.6 Å². The molecule has 27 nitrogen and oxygen atoms in total. The highest BCUT2D eigenvalue weighted by atomic mass is 32.1. The van der Waals surface area contributed by atoms with Crippen LogP contribution in [-0.2, 0) is 59.2 Å². The van der Waals surface area contributed by atoms with Crippen molar-refractivity contribution < 1.29 is 83.4 Å². The van der Waals surface area contributed by atoms with Gasteiger partial charge in [0.1, 0.15) is 54.1 Å². The first-order valence-corrected chi connectivity index (χ1v) is 24.5. The average molecular weight is 1070 g/mol. The lowest BCUT2D eigenvalue weighted by atomic mass is 9.99. The van der Waals surface area contributed by atoms with Gasteiger partial charge in [0.2, 0.25) is 47.3 Å². The molecule has 8 amide bonds. The van der Waals surface area contributed by atoms with E-state index in [1.807, 2.05) is 0 Å². The van der Waals surface area contributed by atoms with E-state index in [0.717, 1.165) is 0 Å². The summed E-state index contributed by atoms with van der Waals surface area (Å²) in [5.74, 6) is -13.6. The molecule has 28 heteroatoms. The number of carbonyl (C=O) groups is 11. The lowest BCUT2D eigenvalue weighted by molar-refractivity contribution is -0.144. The number of unbranched alkanes of at least 4 members (excludes halogenated alkanes) is 1. The maximum atomic E-state index is 14.1. The third-order valence-corrected chi connectivity index (χ3v) is 11.3. The van der Waals surface area contributed by atoms with E-state index < -0.39 is 152 Å². The molecule has 0 fully saturated rings. The summed E-state index contributed by atoms with van der Waals surface area (Å²) >= 11 is 3.94. The van der Waals surface area contributed by atoms with E-state index in [2.05, 4.69) is 55.2 Å². The van der Waals surface area contributed by atoms with Gasteiger partial charge in [0.25, 0.3) is 0 Å². The van der Waals surface area contributed by atoms with Crippen molar-refractivity contribution >= 4 is 77.8 Å². The van der Waals surface area contributed by atoms with Gasteiger partial charge in [-0.2, -0.15) is 12.6 Å². The highest BCUT2D eigenvalue weighted by Crippen LogP contribution is 2.14. The Hall–Kier alpha value is -6.62. The maximum absolute atomic E-state index is 14.1. The van der Waals surface area contributed by atoms with Crippen molar-refractivity contribution in [3.8, 4) is 5.75 Å². The number of carbonyl (C=O) groups excluding carboxylic acids is 8. The van der Waals surface area contributed by atoms with Crippen molar-refractivity contribution in [1.82, 2.24) is 42.5 Å². The summed E-state index contributed by atoms with van der Waals surface area (Å²) in [5, 5.41) is 77.5. The van der Waals surface area contributed by atoms with Gasteiger partial charge < -0.3 is 84.6 Å². The molecule has 0 spiro atoms. The summed E-state index contributed by atoms with van der Waals surface area (Å²) in [7, 11) is 0. The molecule has 1 rings (SSSR count). The van der Waals surface area contributed by atoms with E-state index in [9.17, 15) is 83.4 Å². The number of nitrogens with two attached hydrogens (primary N) is 2. The van der Waals surface area contributed by atoms with Gasteiger partial charge in [-0.3, -0.25) is 47.9 Å². The molecule has 0 saturated heterocycles. The lowest BCUT2D eigenvalue weighted by Crippen LogP contribution is -2.61. The van der Waals surface area contributed by atoms with Gasteiger partial charge in [-0.15, -0.1) is 0 Å². The summed E-state index contributed by atoms with van der Waals surface area (Å²) < 4.78 is 0. The Bertz CT molecular complexity index is 2080. The molecular formula is C46H74N10O17S. The second-order valence-corrected chi connectivity index (χ2v) is 18.8. The van der Waals surface area contributed by atoms with E-state index in [1.54, 1.807) is 27.7 Å². The number of aliphatic carboxylic acids is 3. The number of amides is 8. The number of thiol groups is 1. The van der Waals surface area contributed by atoms with Crippen LogP contribution >= 0.6 is 12.6 Å². The molecule has 0 aromatic heterocycles. The molecule has 0 unspecified atom stereocenters. The Morgan fingerprint density at radius 2 is 0.986 bits per heavy atom. The molecule has 0 bridgehead atoms. The molecule has 0 aliphatic carbocycles. The van der Waals surface area contributed by atoms with E-state index in [4.69, 9.17) is 11.5 Å². The smallest absolute Gasteiger partial charge is 0.326 e. The van der Waals surface area contributed by atoms with Crippen LogP contribution in [0.1, 0.15) is 91.5 Å². The summed E-state index contributed by atoms with van der Waals surface area (Å²) in [4.78, 5) is 144. The SMILES string of the molecule is CC(C)C[C@H](NC(=O)[C@H](CCCCN)NC(=O)[C@H](CC(C)C)NC(=O)[C@H](CCC(=O)O)NC(=O)[C@@H](NC(=O)[C@@H](N)CS)[C@@H](C)O)C(=O)N[C@@H](CO)C(=O)N[C@@H](CC(=O)O)C(=O)N[C@@H](Cc1ccc(O)cc1)C(=O)O. The average Bonchev–Trinajstić information content (AvgIpc) is 3.31. The number of rotatable bonds is 35. The minimum atomic E-state index is -1.92. The summed E-state index contributed by atoms with van der Waals surface area (Å²) in [6.45, 7) is 7.05. The molecule has 1 aromatic rings. The molecule has 0 aliphatic heterocycles. The number of hydrogen-bond acceptors (Lipinski definition) is 17. The number of phenolic OH excluding ortho intramolecular Hbond substituents is 1. The van der Waals surface area contributed by atoms with Crippen molar-refractivity contribution in [3.05, 3.63) is 29.8 Å². The van der Waals surface area contributed by atoms with Gasteiger partial charge in [0.05, 0.1) is 25.2 Å². The standard InChI is InChI=1S/C46H74N10O17S/c1-22(2)16-30(52-40(66)29(13-14-35(60)61)50-45(71)37(24(5)58)56-38(64)27(48)21-74)41(67)49-28(8-6-7-15-47)39(65)51-31(17-23(3)4)42(68)55-34(20-57)44(70)53-32(19-36(62)63)43(69)54-33(46(72)73)18-25-9-11-26(59)12-10-25/h9-12,22-24,27-34,37,57-59,74H,6-8,13-21,47-48H2,1-5H3,(H,49,67)(H,50,71)(H,51,65)(H,52,66)(H,53,70)(H,54,69)(H,55,68)(H,56,64)(H,60,61)(H,62,63)(H,72,73)/t24-,27+,28+,29+,30+,31+,32+,33+,34+,37+/m1/s1. The van der Waals surface area contributed by atoms with Gasteiger partial charge >= 0.3 is 17.9 Å².